The SMILES string of the molecule is CCC(=O)c1cnn(Cc2ccc(F)c(Cl)c2)c1. The molecule has 0 unspecified atom stereocenters. The minimum absolute atomic E-state index is 0.0541. The molecule has 0 radical (unpaired) electrons. The van der Waals surface area contributed by atoms with Crippen molar-refractivity contribution in [3.63, 3.8) is 0 Å². The van der Waals surface area contributed by atoms with Crippen LogP contribution < -0.4 is 0 Å². The molecular formula is C13H12ClFN2O. The maximum atomic E-state index is 13.0. The summed E-state index contributed by atoms with van der Waals surface area (Å²) in [6.07, 6.45) is 3.67. The van der Waals surface area contributed by atoms with Crippen molar-refractivity contribution in [2.24, 2.45) is 0 Å². The molecule has 0 atom stereocenters. The largest absolute Gasteiger partial charge is 0.294 e. The summed E-state index contributed by atoms with van der Waals surface area (Å²) < 4.78 is 14.6. The third kappa shape index (κ3) is 2.76. The molecule has 1 aromatic heterocycles. The highest BCUT2D eigenvalue weighted by Gasteiger charge is 2.07. The van der Waals surface area contributed by atoms with Crippen molar-refractivity contribution in [3.05, 3.63) is 52.6 Å². The van der Waals surface area contributed by atoms with E-state index in [4.69, 9.17) is 11.6 Å². The van der Waals surface area contributed by atoms with Crippen LogP contribution in [-0.2, 0) is 6.54 Å². The van der Waals surface area contributed by atoms with Gasteiger partial charge in [-0.15, -0.1) is 0 Å². The fourth-order valence-electron chi connectivity index (χ4n) is 1.62. The minimum atomic E-state index is -0.442. The summed E-state index contributed by atoms with van der Waals surface area (Å²) in [5.41, 5.74) is 1.42. The second-order valence-electron chi connectivity index (χ2n) is 3.95. The van der Waals surface area contributed by atoms with Gasteiger partial charge in [-0.3, -0.25) is 9.48 Å². The molecule has 94 valence electrons. The van der Waals surface area contributed by atoms with Crippen molar-refractivity contribution in [2.75, 3.05) is 0 Å². The van der Waals surface area contributed by atoms with E-state index in [1.165, 1.54) is 12.3 Å². The summed E-state index contributed by atoms with van der Waals surface area (Å²) in [6, 6.07) is 4.52. The molecule has 5 heteroatoms. The molecule has 3 nitrogen and oxygen atoms in total. The van der Waals surface area contributed by atoms with E-state index in [1.54, 1.807) is 29.9 Å². The van der Waals surface area contributed by atoms with Gasteiger partial charge < -0.3 is 0 Å². The predicted molar refractivity (Wildman–Crippen MR) is 67.4 cm³/mol. The van der Waals surface area contributed by atoms with Crippen LogP contribution >= 0.6 is 11.6 Å². The lowest BCUT2D eigenvalue weighted by Gasteiger charge is -2.02. The van der Waals surface area contributed by atoms with E-state index in [0.717, 1.165) is 5.56 Å². The summed E-state index contributed by atoms with van der Waals surface area (Å²) in [5, 5.41) is 4.18. The Kier molecular flexibility index (Phi) is 3.77. The third-order valence-electron chi connectivity index (χ3n) is 2.60. The number of carbonyl (C=O) groups is 1. The normalized spacial score (nSPS) is 10.6. The number of halogens is 2. The zero-order chi connectivity index (χ0) is 13.1. The number of benzene rings is 1. The second-order valence-corrected chi connectivity index (χ2v) is 4.36. The van der Waals surface area contributed by atoms with Crippen molar-refractivity contribution in [3.8, 4) is 0 Å². The van der Waals surface area contributed by atoms with Gasteiger partial charge in [0.25, 0.3) is 0 Å². The molecule has 1 aromatic carbocycles. The molecule has 0 N–H and O–H groups in total. The quantitative estimate of drug-likeness (QED) is 0.796. The summed E-state index contributed by atoms with van der Waals surface area (Å²) in [4.78, 5) is 11.5. The summed E-state index contributed by atoms with van der Waals surface area (Å²) in [6.45, 7) is 2.26. The van der Waals surface area contributed by atoms with Crippen molar-refractivity contribution >= 4 is 17.4 Å². The van der Waals surface area contributed by atoms with Crippen LogP contribution in [0.2, 0.25) is 5.02 Å². The minimum Gasteiger partial charge on any atom is -0.294 e. The number of nitrogens with zero attached hydrogens (tertiary/aromatic N) is 2. The van der Waals surface area contributed by atoms with Crippen LogP contribution in [0.25, 0.3) is 0 Å². The van der Waals surface area contributed by atoms with Gasteiger partial charge in [0.2, 0.25) is 0 Å². The van der Waals surface area contributed by atoms with Gasteiger partial charge in [0.05, 0.1) is 23.3 Å². The molecule has 0 fully saturated rings. The molecule has 0 aliphatic carbocycles. The van der Waals surface area contributed by atoms with E-state index in [2.05, 4.69) is 5.10 Å². The van der Waals surface area contributed by atoms with E-state index in [9.17, 15) is 9.18 Å². The van der Waals surface area contributed by atoms with E-state index >= 15 is 0 Å². The average molecular weight is 267 g/mol. The first kappa shape index (κ1) is 12.8. The standard InChI is InChI=1S/C13H12ClFN2O/c1-2-13(18)10-6-16-17(8-10)7-9-3-4-12(15)11(14)5-9/h3-6,8H,2,7H2,1H3. The molecular weight excluding hydrogens is 255 g/mol. The molecule has 0 saturated carbocycles. The topological polar surface area (TPSA) is 34.9 Å². The van der Waals surface area contributed by atoms with Gasteiger partial charge in [-0.25, -0.2) is 4.39 Å². The van der Waals surface area contributed by atoms with Crippen LogP contribution in [0.1, 0.15) is 29.3 Å². The number of Topliss-reactive ketones (excluding diaryl/α,β-unsaturated/α-hetero) is 1. The molecule has 0 aliphatic rings. The highest BCUT2D eigenvalue weighted by atomic mass is 35.5. The Morgan fingerprint density at radius 2 is 2.28 bits per heavy atom. The molecule has 0 spiro atoms. The summed E-state index contributed by atoms with van der Waals surface area (Å²) in [7, 11) is 0. The number of hydrogen-bond donors (Lipinski definition) is 0. The Labute approximate surface area is 109 Å². The number of carbonyl (C=O) groups excluding carboxylic acids is 1. The molecule has 0 aliphatic heterocycles. The van der Waals surface area contributed by atoms with Gasteiger partial charge in [-0.05, 0) is 17.7 Å². The molecule has 2 aromatic rings. The zero-order valence-electron chi connectivity index (χ0n) is 9.86. The van der Waals surface area contributed by atoms with Gasteiger partial charge in [-0.2, -0.15) is 5.10 Å². The van der Waals surface area contributed by atoms with Crippen LogP contribution in [0.15, 0.2) is 30.6 Å². The monoisotopic (exact) mass is 266 g/mol. The molecule has 2 rings (SSSR count). The van der Waals surface area contributed by atoms with Gasteiger partial charge in [0.15, 0.2) is 5.78 Å². The first-order valence-corrected chi connectivity index (χ1v) is 5.97. The fourth-order valence-corrected chi connectivity index (χ4v) is 1.83. The third-order valence-corrected chi connectivity index (χ3v) is 2.89. The van der Waals surface area contributed by atoms with E-state index in [-0.39, 0.29) is 10.8 Å². The van der Waals surface area contributed by atoms with Crippen molar-refractivity contribution in [2.45, 2.75) is 19.9 Å². The van der Waals surface area contributed by atoms with Crippen LogP contribution in [0.5, 0.6) is 0 Å². The van der Waals surface area contributed by atoms with E-state index in [0.29, 0.717) is 18.5 Å². The smallest absolute Gasteiger partial charge is 0.165 e. The lowest BCUT2D eigenvalue weighted by molar-refractivity contribution is 0.0988. The Balaban J connectivity index is 2.16. The van der Waals surface area contributed by atoms with Gasteiger partial charge in [0.1, 0.15) is 5.82 Å². The Hall–Kier alpha value is -1.68. The summed E-state index contributed by atoms with van der Waals surface area (Å²) >= 11 is 5.70. The Morgan fingerprint density at radius 1 is 1.50 bits per heavy atom. The highest BCUT2D eigenvalue weighted by molar-refractivity contribution is 6.30. The number of ketones is 1. The van der Waals surface area contributed by atoms with Crippen LogP contribution in [-0.4, -0.2) is 15.6 Å². The Bertz CT molecular complexity index is 580. The van der Waals surface area contributed by atoms with Crippen molar-refractivity contribution < 1.29 is 9.18 Å². The van der Waals surface area contributed by atoms with E-state index in [1.807, 2.05) is 0 Å². The van der Waals surface area contributed by atoms with Gasteiger partial charge in [-0.1, -0.05) is 24.6 Å². The predicted octanol–water partition coefficient (Wildman–Crippen LogP) is 3.32. The van der Waals surface area contributed by atoms with Crippen molar-refractivity contribution in [1.82, 2.24) is 9.78 Å². The zero-order valence-corrected chi connectivity index (χ0v) is 10.6. The number of hydrogen-bond acceptors (Lipinski definition) is 2. The molecule has 0 saturated heterocycles. The molecule has 0 amide bonds. The van der Waals surface area contributed by atoms with Crippen molar-refractivity contribution in [1.29, 1.82) is 0 Å². The van der Waals surface area contributed by atoms with Crippen LogP contribution in [0.3, 0.4) is 0 Å². The second kappa shape index (κ2) is 5.31. The molecule has 1 heterocycles. The lowest BCUT2D eigenvalue weighted by Crippen LogP contribution is -2.00. The van der Waals surface area contributed by atoms with E-state index < -0.39 is 5.82 Å². The first-order valence-electron chi connectivity index (χ1n) is 5.59. The number of rotatable bonds is 4. The highest BCUT2D eigenvalue weighted by Crippen LogP contribution is 2.16. The van der Waals surface area contributed by atoms with Gasteiger partial charge >= 0.3 is 0 Å². The Morgan fingerprint density at radius 3 is 2.94 bits per heavy atom. The lowest BCUT2D eigenvalue weighted by atomic mass is 10.2. The van der Waals surface area contributed by atoms with Gasteiger partial charge in [0, 0.05) is 12.6 Å². The molecule has 18 heavy (non-hydrogen) atoms. The average Bonchev–Trinajstić information content (AvgIpc) is 2.81. The fraction of sp³-hybridized carbons (Fsp3) is 0.231. The van der Waals surface area contributed by atoms with Crippen LogP contribution in [0.4, 0.5) is 4.39 Å². The maximum absolute atomic E-state index is 13.0. The number of aromatic nitrogens is 2. The molecule has 0 bridgehead atoms. The summed E-state index contributed by atoms with van der Waals surface area (Å²) in [5.74, 6) is -0.388. The first-order chi connectivity index (χ1) is 8.60. The maximum Gasteiger partial charge on any atom is 0.165 e. The van der Waals surface area contributed by atoms with Crippen LogP contribution in [0, 0.1) is 5.82 Å².